The lowest BCUT2D eigenvalue weighted by Crippen LogP contribution is -2.49. The number of methoxy groups -OCH3 is 1. The van der Waals surface area contributed by atoms with Gasteiger partial charge in [-0.2, -0.15) is 0 Å². The van der Waals surface area contributed by atoms with Gasteiger partial charge in [0.05, 0.1) is 18.2 Å². The minimum absolute atomic E-state index is 0.0391. The first kappa shape index (κ1) is 25.0. The molecule has 1 N–H and O–H groups in total. The Morgan fingerprint density at radius 2 is 1.88 bits per heavy atom. The van der Waals surface area contributed by atoms with E-state index < -0.39 is 12.0 Å². The first-order valence-electron chi connectivity index (χ1n) is 11.0. The molecule has 0 radical (unpaired) electrons. The quantitative estimate of drug-likeness (QED) is 0.603. The van der Waals surface area contributed by atoms with Crippen LogP contribution in [0.15, 0.2) is 35.5 Å². The van der Waals surface area contributed by atoms with Crippen LogP contribution in [-0.4, -0.2) is 92.7 Å². The molecule has 33 heavy (non-hydrogen) atoms. The number of hydrogen-bond donors (Lipinski definition) is 1. The molecule has 0 aromatic heterocycles. The number of esters is 1. The van der Waals surface area contributed by atoms with Gasteiger partial charge >= 0.3 is 12.0 Å². The van der Waals surface area contributed by atoms with E-state index >= 15 is 0 Å². The summed E-state index contributed by atoms with van der Waals surface area (Å²) in [5.74, 6) is -0.506. The second kappa shape index (κ2) is 11.5. The van der Waals surface area contributed by atoms with Gasteiger partial charge in [0, 0.05) is 57.6 Å². The van der Waals surface area contributed by atoms with Gasteiger partial charge in [-0.3, -0.25) is 14.6 Å². The number of nitrogens with one attached hydrogen (secondary N) is 1. The maximum atomic E-state index is 13.1. The fraction of sp³-hybridized carbons (Fsp3) is 0.522. The Bertz CT molecular complexity index is 905. The highest BCUT2D eigenvalue weighted by molar-refractivity contribution is 6.30. The smallest absolute Gasteiger partial charge is 0.338 e. The Morgan fingerprint density at radius 3 is 2.55 bits per heavy atom. The molecule has 0 spiro atoms. The van der Waals surface area contributed by atoms with Crippen molar-refractivity contribution < 1.29 is 23.9 Å². The number of amides is 3. The van der Waals surface area contributed by atoms with Crippen LogP contribution >= 0.6 is 11.6 Å². The average Bonchev–Trinajstić information content (AvgIpc) is 3.03. The average molecular weight is 479 g/mol. The highest BCUT2D eigenvalue weighted by Crippen LogP contribution is 2.32. The van der Waals surface area contributed by atoms with E-state index in [0.717, 1.165) is 18.5 Å². The van der Waals surface area contributed by atoms with E-state index in [-0.39, 0.29) is 25.2 Å². The summed E-state index contributed by atoms with van der Waals surface area (Å²) in [6.07, 6.45) is 0.786. The van der Waals surface area contributed by atoms with Crippen LogP contribution in [0.4, 0.5) is 4.79 Å². The SMILES string of the molecule is CCOC(=O)C1=C(CN2CCCN(C(=O)COC)CC2)N(C)C(=O)NC1c1ccc(Cl)cc1. The van der Waals surface area contributed by atoms with Gasteiger partial charge in [0.2, 0.25) is 5.91 Å². The lowest BCUT2D eigenvalue weighted by Gasteiger charge is -2.36. The van der Waals surface area contributed by atoms with Crippen molar-refractivity contribution in [1.29, 1.82) is 0 Å². The maximum absolute atomic E-state index is 13.1. The number of nitrogens with zero attached hydrogens (tertiary/aromatic N) is 3. The van der Waals surface area contributed by atoms with Gasteiger partial charge < -0.3 is 19.7 Å². The minimum Gasteiger partial charge on any atom is -0.463 e. The van der Waals surface area contributed by atoms with Crippen LogP contribution in [0.2, 0.25) is 5.02 Å². The lowest BCUT2D eigenvalue weighted by atomic mass is 9.94. The molecule has 10 heteroatoms. The summed E-state index contributed by atoms with van der Waals surface area (Å²) >= 11 is 6.04. The second-order valence-electron chi connectivity index (χ2n) is 8.02. The van der Waals surface area contributed by atoms with Gasteiger partial charge in [0.25, 0.3) is 0 Å². The number of hydrogen-bond acceptors (Lipinski definition) is 6. The zero-order chi connectivity index (χ0) is 24.0. The molecule has 1 unspecified atom stereocenters. The molecular weight excluding hydrogens is 448 g/mol. The molecule has 1 saturated heterocycles. The summed E-state index contributed by atoms with van der Waals surface area (Å²) in [6.45, 7) is 4.97. The third kappa shape index (κ3) is 6.04. The third-order valence-electron chi connectivity index (χ3n) is 5.86. The monoisotopic (exact) mass is 478 g/mol. The predicted octanol–water partition coefficient (Wildman–Crippen LogP) is 2.03. The molecule has 2 aliphatic heterocycles. The van der Waals surface area contributed by atoms with E-state index in [2.05, 4.69) is 10.2 Å². The van der Waals surface area contributed by atoms with Crippen LogP contribution in [0.3, 0.4) is 0 Å². The fourth-order valence-corrected chi connectivity index (χ4v) is 4.23. The molecule has 1 fully saturated rings. The molecule has 180 valence electrons. The number of ether oxygens (including phenoxy) is 2. The summed E-state index contributed by atoms with van der Waals surface area (Å²) in [6, 6.07) is 6.09. The molecule has 0 aliphatic carbocycles. The van der Waals surface area contributed by atoms with E-state index in [0.29, 0.717) is 42.5 Å². The van der Waals surface area contributed by atoms with Crippen LogP contribution in [0.25, 0.3) is 0 Å². The number of carbonyl (C=O) groups excluding carboxylic acids is 3. The van der Waals surface area contributed by atoms with Gasteiger partial charge in [-0.15, -0.1) is 0 Å². The van der Waals surface area contributed by atoms with Crippen molar-refractivity contribution in [2.24, 2.45) is 0 Å². The van der Waals surface area contributed by atoms with E-state index in [1.54, 1.807) is 43.1 Å². The van der Waals surface area contributed by atoms with E-state index in [1.807, 2.05) is 0 Å². The van der Waals surface area contributed by atoms with Crippen molar-refractivity contribution >= 4 is 29.5 Å². The standard InChI is InChI=1S/C23H31ClN4O5/c1-4-33-22(30)20-18(14-27-10-5-11-28(13-12-27)19(29)15-32-3)26(2)23(31)25-21(20)16-6-8-17(24)9-7-16/h6-9,21H,4-5,10-15H2,1-3H3,(H,25,31). The molecule has 0 saturated carbocycles. The van der Waals surface area contributed by atoms with Crippen molar-refractivity contribution in [3.05, 3.63) is 46.1 Å². The number of likely N-dealkylation sites (N-methyl/N-ethyl adjacent to an activating group) is 1. The molecule has 2 aliphatic rings. The van der Waals surface area contributed by atoms with Crippen LogP contribution in [0.1, 0.15) is 24.9 Å². The molecule has 2 heterocycles. The van der Waals surface area contributed by atoms with Gasteiger partial charge in [-0.1, -0.05) is 23.7 Å². The Balaban J connectivity index is 1.91. The van der Waals surface area contributed by atoms with Crippen molar-refractivity contribution in [3.63, 3.8) is 0 Å². The van der Waals surface area contributed by atoms with Crippen molar-refractivity contribution in [3.8, 4) is 0 Å². The van der Waals surface area contributed by atoms with E-state index in [4.69, 9.17) is 21.1 Å². The van der Waals surface area contributed by atoms with Crippen molar-refractivity contribution in [2.45, 2.75) is 19.4 Å². The molecular formula is C23H31ClN4O5. The summed E-state index contributed by atoms with van der Waals surface area (Å²) in [7, 11) is 3.15. The lowest BCUT2D eigenvalue weighted by molar-refractivity contribution is -0.139. The Labute approximate surface area is 199 Å². The third-order valence-corrected chi connectivity index (χ3v) is 6.11. The molecule has 3 rings (SSSR count). The molecule has 0 bridgehead atoms. The first-order valence-corrected chi connectivity index (χ1v) is 11.4. The topological polar surface area (TPSA) is 91.4 Å². The largest absolute Gasteiger partial charge is 0.463 e. The summed E-state index contributed by atoms with van der Waals surface area (Å²) in [5, 5.41) is 3.47. The van der Waals surface area contributed by atoms with Crippen LogP contribution < -0.4 is 5.32 Å². The van der Waals surface area contributed by atoms with E-state index in [9.17, 15) is 14.4 Å². The first-order chi connectivity index (χ1) is 15.8. The number of halogens is 1. The summed E-state index contributed by atoms with van der Waals surface area (Å²) in [4.78, 5) is 43.5. The van der Waals surface area contributed by atoms with Crippen molar-refractivity contribution in [1.82, 2.24) is 20.0 Å². The molecule has 9 nitrogen and oxygen atoms in total. The summed E-state index contributed by atoms with van der Waals surface area (Å²) < 4.78 is 10.3. The number of rotatable bonds is 7. The highest BCUT2D eigenvalue weighted by Gasteiger charge is 2.37. The fourth-order valence-electron chi connectivity index (χ4n) is 4.11. The Kier molecular flexibility index (Phi) is 8.71. The van der Waals surface area contributed by atoms with Gasteiger partial charge in [0.1, 0.15) is 6.61 Å². The zero-order valence-electron chi connectivity index (χ0n) is 19.3. The molecule has 3 amide bonds. The minimum atomic E-state index is -0.647. The van der Waals surface area contributed by atoms with Crippen molar-refractivity contribution in [2.75, 3.05) is 60.1 Å². The Hall–Kier alpha value is -2.62. The second-order valence-corrected chi connectivity index (χ2v) is 8.45. The summed E-state index contributed by atoms with van der Waals surface area (Å²) in [5.41, 5.74) is 1.74. The molecule has 1 aromatic rings. The normalized spacial score (nSPS) is 19.9. The number of benzene rings is 1. The molecule has 1 aromatic carbocycles. The Morgan fingerprint density at radius 1 is 1.15 bits per heavy atom. The maximum Gasteiger partial charge on any atom is 0.338 e. The van der Waals surface area contributed by atoms with Gasteiger partial charge in [0.15, 0.2) is 0 Å². The van der Waals surface area contributed by atoms with E-state index in [1.165, 1.54) is 12.0 Å². The molecule has 1 atom stereocenters. The highest BCUT2D eigenvalue weighted by atomic mass is 35.5. The zero-order valence-corrected chi connectivity index (χ0v) is 20.1. The predicted molar refractivity (Wildman–Crippen MR) is 124 cm³/mol. The van der Waals surface area contributed by atoms with Crippen LogP contribution in [-0.2, 0) is 19.1 Å². The number of urea groups is 1. The number of carbonyl (C=O) groups is 3. The van der Waals surface area contributed by atoms with Crippen LogP contribution in [0.5, 0.6) is 0 Å². The van der Waals surface area contributed by atoms with Gasteiger partial charge in [-0.25, -0.2) is 9.59 Å². The van der Waals surface area contributed by atoms with Gasteiger partial charge in [-0.05, 0) is 31.0 Å². The van der Waals surface area contributed by atoms with Crippen LogP contribution in [0, 0.1) is 0 Å².